The Morgan fingerprint density at radius 2 is 1.46 bits per heavy atom. The van der Waals surface area contributed by atoms with Gasteiger partial charge in [0.2, 0.25) is 5.91 Å². The molecule has 2 saturated heterocycles. The number of hydrogen-bond acceptors (Lipinski definition) is 3. The second-order valence-corrected chi connectivity index (χ2v) is 7.63. The fourth-order valence-corrected chi connectivity index (χ4v) is 4.68. The predicted octanol–water partition coefficient (Wildman–Crippen LogP) is 3.20. The number of benzene rings is 2. The molecule has 28 heavy (non-hydrogen) atoms. The predicted molar refractivity (Wildman–Crippen MR) is 105 cm³/mol. The first-order valence-electron chi connectivity index (χ1n) is 9.91. The first kappa shape index (κ1) is 18.7. The van der Waals surface area contributed by atoms with Crippen LogP contribution >= 0.6 is 0 Å². The van der Waals surface area contributed by atoms with Crippen LogP contribution in [-0.4, -0.2) is 35.7 Å². The second-order valence-electron chi connectivity index (χ2n) is 7.63. The molecule has 2 aromatic rings. The van der Waals surface area contributed by atoms with Crippen molar-refractivity contribution in [3.8, 4) is 0 Å². The molecule has 0 unspecified atom stereocenters. The molecule has 2 bridgehead atoms. The average molecular weight is 379 g/mol. The highest BCUT2D eigenvalue weighted by Crippen LogP contribution is 2.43. The van der Waals surface area contributed by atoms with Crippen LogP contribution in [-0.2, 0) is 14.3 Å². The van der Waals surface area contributed by atoms with Gasteiger partial charge < -0.3 is 15.2 Å². The van der Waals surface area contributed by atoms with Crippen LogP contribution in [0.4, 0.5) is 0 Å². The Balaban J connectivity index is 1.42. The van der Waals surface area contributed by atoms with E-state index in [1.54, 1.807) is 0 Å². The summed E-state index contributed by atoms with van der Waals surface area (Å²) in [5.74, 6) is -2.26. The molecule has 5 nitrogen and oxygen atoms in total. The van der Waals surface area contributed by atoms with Crippen molar-refractivity contribution in [1.29, 1.82) is 0 Å². The van der Waals surface area contributed by atoms with E-state index in [0.29, 0.717) is 6.54 Å². The zero-order chi connectivity index (χ0) is 19.5. The van der Waals surface area contributed by atoms with E-state index in [1.807, 2.05) is 36.4 Å². The molecule has 2 heterocycles. The van der Waals surface area contributed by atoms with Crippen LogP contribution in [0.5, 0.6) is 0 Å². The smallest absolute Gasteiger partial charge is 0.310 e. The minimum atomic E-state index is -0.932. The van der Waals surface area contributed by atoms with Crippen LogP contribution in [0.25, 0.3) is 0 Å². The number of rotatable bonds is 7. The van der Waals surface area contributed by atoms with Crippen molar-refractivity contribution in [2.24, 2.45) is 11.8 Å². The van der Waals surface area contributed by atoms with E-state index in [0.717, 1.165) is 19.3 Å². The van der Waals surface area contributed by atoms with E-state index in [-0.39, 0.29) is 24.0 Å². The molecule has 0 spiro atoms. The molecule has 0 aliphatic carbocycles. The molecular weight excluding hydrogens is 354 g/mol. The van der Waals surface area contributed by atoms with Crippen molar-refractivity contribution in [1.82, 2.24) is 5.32 Å². The lowest BCUT2D eigenvalue weighted by molar-refractivity contribution is -0.147. The van der Waals surface area contributed by atoms with Crippen LogP contribution in [0.15, 0.2) is 60.7 Å². The van der Waals surface area contributed by atoms with Gasteiger partial charge in [-0.1, -0.05) is 60.7 Å². The van der Waals surface area contributed by atoms with E-state index in [9.17, 15) is 14.7 Å². The Morgan fingerprint density at radius 1 is 0.929 bits per heavy atom. The third-order valence-electron chi connectivity index (χ3n) is 6.00. The molecule has 2 fully saturated rings. The van der Waals surface area contributed by atoms with Crippen LogP contribution < -0.4 is 5.32 Å². The summed E-state index contributed by atoms with van der Waals surface area (Å²) in [4.78, 5) is 24.3. The van der Waals surface area contributed by atoms with Gasteiger partial charge in [0, 0.05) is 12.5 Å². The minimum Gasteiger partial charge on any atom is -0.481 e. The van der Waals surface area contributed by atoms with E-state index in [4.69, 9.17) is 4.74 Å². The number of carbonyl (C=O) groups is 2. The number of ether oxygens (including phenoxy) is 1. The molecule has 5 heteroatoms. The van der Waals surface area contributed by atoms with Gasteiger partial charge >= 0.3 is 5.97 Å². The summed E-state index contributed by atoms with van der Waals surface area (Å²) in [5.41, 5.74) is 2.41. The molecule has 0 radical (unpaired) electrons. The van der Waals surface area contributed by atoms with Gasteiger partial charge in [-0.3, -0.25) is 9.59 Å². The zero-order valence-corrected chi connectivity index (χ0v) is 15.7. The topological polar surface area (TPSA) is 75.6 Å². The molecule has 0 saturated carbocycles. The summed E-state index contributed by atoms with van der Waals surface area (Å²) in [6, 6.07) is 20.5. The second kappa shape index (κ2) is 8.15. The molecule has 1 amide bonds. The van der Waals surface area contributed by atoms with Crippen molar-refractivity contribution >= 4 is 11.9 Å². The van der Waals surface area contributed by atoms with Gasteiger partial charge in [-0.2, -0.15) is 0 Å². The highest BCUT2D eigenvalue weighted by molar-refractivity contribution is 5.86. The minimum absolute atomic E-state index is 0.175. The van der Waals surface area contributed by atoms with E-state index in [2.05, 4.69) is 29.6 Å². The Morgan fingerprint density at radius 3 is 2.00 bits per heavy atom. The fourth-order valence-electron chi connectivity index (χ4n) is 4.68. The molecule has 146 valence electrons. The van der Waals surface area contributed by atoms with Gasteiger partial charge in [-0.25, -0.2) is 0 Å². The summed E-state index contributed by atoms with van der Waals surface area (Å²) in [5, 5.41) is 12.5. The quantitative estimate of drug-likeness (QED) is 0.775. The van der Waals surface area contributed by atoms with Crippen molar-refractivity contribution in [2.75, 3.05) is 6.54 Å². The lowest BCUT2D eigenvalue weighted by Crippen LogP contribution is -2.44. The van der Waals surface area contributed by atoms with Crippen LogP contribution in [0.3, 0.4) is 0 Å². The highest BCUT2D eigenvalue weighted by atomic mass is 16.5. The third-order valence-corrected chi connectivity index (χ3v) is 6.00. The fraction of sp³-hybridized carbons (Fsp3) is 0.391. The number of aliphatic carboxylic acids is 1. The first-order chi connectivity index (χ1) is 13.6. The van der Waals surface area contributed by atoms with E-state index < -0.39 is 17.8 Å². The monoisotopic (exact) mass is 379 g/mol. The zero-order valence-electron chi connectivity index (χ0n) is 15.7. The van der Waals surface area contributed by atoms with Crippen LogP contribution in [0.1, 0.15) is 36.3 Å². The number of carboxylic acid groups (broad SMARTS) is 1. The number of nitrogens with one attached hydrogen (secondary N) is 1. The van der Waals surface area contributed by atoms with E-state index >= 15 is 0 Å². The molecule has 4 rings (SSSR count). The molecular formula is C23H25NO4. The first-order valence-corrected chi connectivity index (χ1v) is 9.91. The van der Waals surface area contributed by atoms with Gasteiger partial charge in [0.05, 0.1) is 24.0 Å². The molecule has 4 atom stereocenters. The SMILES string of the molecule is O=C(O)[C@@H]1[C@@H](C(=O)NCCC(c2ccccc2)c2ccccc2)[C@H]2CC[C@H]1O2. The number of amides is 1. The van der Waals surface area contributed by atoms with E-state index in [1.165, 1.54) is 11.1 Å². The molecule has 0 aromatic heterocycles. The van der Waals surface area contributed by atoms with Gasteiger partial charge in [0.1, 0.15) is 0 Å². The Hall–Kier alpha value is -2.66. The van der Waals surface area contributed by atoms with Gasteiger partial charge in [0.15, 0.2) is 0 Å². The van der Waals surface area contributed by atoms with Crippen molar-refractivity contribution in [3.63, 3.8) is 0 Å². The maximum Gasteiger partial charge on any atom is 0.310 e. The normalized spacial score (nSPS) is 25.8. The number of carboxylic acids is 1. The van der Waals surface area contributed by atoms with Crippen LogP contribution in [0.2, 0.25) is 0 Å². The standard InChI is InChI=1S/C23H25NO4/c25-22(20-18-11-12-19(28-18)21(20)23(26)27)24-14-13-17(15-7-3-1-4-8-15)16-9-5-2-6-10-16/h1-10,17-21H,11-14H2,(H,24,25)(H,26,27)/t18-,19-,20+,21+/m1/s1. The maximum atomic E-state index is 12.8. The summed E-state index contributed by atoms with van der Waals surface area (Å²) in [6.07, 6.45) is 1.67. The van der Waals surface area contributed by atoms with Gasteiger partial charge in [-0.05, 0) is 30.4 Å². The molecule has 2 aliphatic heterocycles. The van der Waals surface area contributed by atoms with Crippen molar-refractivity contribution < 1.29 is 19.4 Å². The highest BCUT2D eigenvalue weighted by Gasteiger charge is 2.55. The Kier molecular flexibility index (Phi) is 5.44. The molecule has 2 N–H and O–H groups in total. The third kappa shape index (κ3) is 3.67. The Bertz CT molecular complexity index is 784. The lowest BCUT2D eigenvalue weighted by atomic mass is 9.78. The summed E-state index contributed by atoms with van der Waals surface area (Å²) < 4.78 is 5.70. The molecule has 2 aliphatic rings. The summed E-state index contributed by atoms with van der Waals surface area (Å²) >= 11 is 0. The summed E-state index contributed by atoms with van der Waals surface area (Å²) in [6.45, 7) is 0.494. The van der Waals surface area contributed by atoms with Crippen molar-refractivity contribution in [2.45, 2.75) is 37.4 Å². The van der Waals surface area contributed by atoms with Crippen LogP contribution in [0, 0.1) is 11.8 Å². The Labute approximate surface area is 164 Å². The van der Waals surface area contributed by atoms with Crippen molar-refractivity contribution in [3.05, 3.63) is 71.8 Å². The number of hydrogen-bond donors (Lipinski definition) is 2. The van der Waals surface area contributed by atoms with Gasteiger partial charge in [-0.15, -0.1) is 0 Å². The lowest BCUT2D eigenvalue weighted by Gasteiger charge is -2.24. The van der Waals surface area contributed by atoms with Gasteiger partial charge in [0.25, 0.3) is 0 Å². The maximum absolute atomic E-state index is 12.8. The molecule has 2 aromatic carbocycles. The number of fused-ring (bicyclic) bond motifs is 2. The summed E-state index contributed by atoms with van der Waals surface area (Å²) in [7, 11) is 0. The number of carbonyl (C=O) groups excluding carboxylic acids is 1. The largest absolute Gasteiger partial charge is 0.481 e. The average Bonchev–Trinajstić information content (AvgIpc) is 3.34.